The zero-order valence-corrected chi connectivity index (χ0v) is 20.2. The summed E-state index contributed by atoms with van der Waals surface area (Å²) < 4.78 is 10.6. The number of hydrogen-bond acceptors (Lipinski definition) is 6. The molecule has 0 aliphatic heterocycles. The van der Waals surface area contributed by atoms with Crippen molar-refractivity contribution in [3.8, 4) is 11.5 Å². The first-order valence-corrected chi connectivity index (χ1v) is 14.9. The molecule has 0 spiro atoms. The maximum absolute atomic E-state index is 5.30. The maximum atomic E-state index is 5.30. The monoisotopic (exact) mass is 612 g/mol. The van der Waals surface area contributed by atoms with Gasteiger partial charge < -0.3 is 9.47 Å². The zero-order valence-electron chi connectivity index (χ0n) is 16.1. The number of nitrogens with zero attached hydrogens (tertiary/aromatic N) is 4. The van der Waals surface area contributed by atoms with Gasteiger partial charge in [-0.1, -0.05) is 6.07 Å². The molecule has 6 nitrogen and oxygen atoms in total. The first-order valence-electron chi connectivity index (χ1n) is 8.63. The molecular weight excluding hydrogens is 589 g/mol. The predicted molar refractivity (Wildman–Crippen MR) is 110 cm³/mol. The van der Waals surface area contributed by atoms with Crippen molar-refractivity contribution >= 4 is 19.3 Å². The second-order valence-corrected chi connectivity index (χ2v) is 9.56. The van der Waals surface area contributed by atoms with Crippen LogP contribution in [-0.2, 0) is 35.0 Å². The molecule has 0 aliphatic carbocycles. The Kier molecular flexibility index (Phi) is 10.9. The van der Waals surface area contributed by atoms with E-state index in [2.05, 4.69) is 19.9 Å². The molecule has 0 bridgehead atoms. The number of halogens is 2. The van der Waals surface area contributed by atoms with Gasteiger partial charge in [0.2, 0.25) is 0 Å². The van der Waals surface area contributed by atoms with Crippen molar-refractivity contribution in [3.63, 3.8) is 0 Å². The summed E-state index contributed by atoms with van der Waals surface area (Å²) in [5, 5.41) is 0. The molecule has 3 aromatic rings. The Labute approximate surface area is 187 Å². The van der Waals surface area contributed by atoms with Gasteiger partial charge in [0.1, 0.15) is 11.5 Å². The second kappa shape index (κ2) is 13.4. The van der Waals surface area contributed by atoms with Gasteiger partial charge in [0.15, 0.2) is 0 Å². The third kappa shape index (κ3) is 8.63. The van der Waals surface area contributed by atoms with Crippen molar-refractivity contribution in [2.45, 2.75) is 19.6 Å². The van der Waals surface area contributed by atoms with E-state index in [1.165, 1.54) is 0 Å². The number of rotatable bonds is 8. The molecule has 0 aromatic carbocycles. The summed E-state index contributed by atoms with van der Waals surface area (Å²) in [7, 11) is 13.1. The second-order valence-electron chi connectivity index (χ2n) is 5.89. The third-order valence-electron chi connectivity index (χ3n) is 3.93. The normalized spacial score (nSPS) is 10.4. The van der Waals surface area contributed by atoms with Crippen molar-refractivity contribution in [2.75, 3.05) is 14.2 Å². The summed E-state index contributed by atoms with van der Waals surface area (Å²) in [5.41, 5.74) is 2.87. The van der Waals surface area contributed by atoms with Gasteiger partial charge in [-0.3, -0.25) is 19.9 Å². The number of aromatic nitrogens is 3. The van der Waals surface area contributed by atoms with Crippen LogP contribution in [0.15, 0.2) is 61.1 Å². The fraction of sp³-hybridized carbons (Fsp3) is 0.250. The Morgan fingerprint density at radius 1 is 0.759 bits per heavy atom. The Morgan fingerprint density at radius 3 is 1.69 bits per heavy atom. The molecule has 0 unspecified atom stereocenters. The van der Waals surface area contributed by atoms with Crippen molar-refractivity contribution in [1.82, 2.24) is 19.9 Å². The van der Waals surface area contributed by atoms with E-state index in [1.807, 2.05) is 42.5 Å². The van der Waals surface area contributed by atoms with E-state index in [0.717, 1.165) is 28.6 Å². The molecule has 9 heteroatoms. The number of hydrogen-bond donors (Lipinski definition) is 0. The van der Waals surface area contributed by atoms with Crippen molar-refractivity contribution < 1.29 is 24.9 Å². The molecule has 29 heavy (non-hydrogen) atoms. The fourth-order valence-electron chi connectivity index (χ4n) is 2.69. The summed E-state index contributed by atoms with van der Waals surface area (Å²) in [6.45, 7) is 2.01. The average molecular weight is 612 g/mol. The molecule has 0 saturated carbocycles. The molecular formula is C20H22Cl2N4O2Os. The third-order valence-corrected chi connectivity index (χ3v) is 3.93. The zero-order chi connectivity index (χ0) is 20.9. The van der Waals surface area contributed by atoms with Gasteiger partial charge in [-0.25, -0.2) is 0 Å². The molecule has 0 amide bonds. The summed E-state index contributed by atoms with van der Waals surface area (Å²) in [6, 6.07) is 13.5. The average Bonchev–Trinajstić information content (AvgIpc) is 2.75. The van der Waals surface area contributed by atoms with Crippen LogP contribution in [0.4, 0.5) is 0 Å². The van der Waals surface area contributed by atoms with E-state index >= 15 is 0 Å². The van der Waals surface area contributed by atoms with Crippen molar-refractivity contribution in [3.05, 3.63) is 78.1 Å². The van der Waals surface area contributed by atoms with E-state index in [9.17, 15) is 0 Å². The van der Waals surface area contributed by atoms with Crippen LogP contribution in [0.2, 0.25) is 0 Å². The summed E-state index contributed by atoms with van der Waals surface area (Å²) in [4.78, 5) is 15.6. The Bertz CT molecular complexity index is 809. The first kappa shape index (κ1) is 23.5. The van der Waals surface area contributed by atoms with Gasteiger partial charge in [0.05, 0.1) is 31.3 Å². The number of pyridine rings is 3. The summed E-state index contributed by atoms with van der Waals surface area (Å²) in [6.07, 6.45) is 5.33. The Hall–Kier alpha value is -1.77. The molecule has 3 rings (SSSR count). The first-order chi connectivity index (χ1) is 14.2. The minimum atomic E-state index is -0.639. The predicted octanol–water partition coefficient (Wildman–Crippen LogP) is 4.47. The van der Waals surface area contributed by atoms with E-state index in [-0.39, 0.29) is 0 Å². The van der Waals surface area contributed by atoms with Crippen molar-refractivity contribution in [2.24, 2.45) is 0 Å². The Morgan fingerprint density at radius 2 is 1.24 bits per heavy atom. The summed E-state index contributed by atoms with van der Waals surface area (Å²) >= 11 is -0.639. The van der Waals surface area contributed by atoms with E-state index < -0.39 is 15.4 Å². The SMILES string of the molecule is COc1ccnc(CN(Cc2ccccn2)Cc2cc(OC)ccn2)c1.[Cl][Os][Cl]. The van der Waals surface area contributed by atoms with E-state index in [1.54, 1.807) is 32.8 Å². The molecule has 0 N–H and O–H groups in total. The van der Waals surface area contributed by atoms with Gasteiger partial charge in [-0.2, -0.15) is 0 Å². The molecule has 0 fully saturated rings. The van der Waals surface area contributed by atoms with Crippen LogP contribution in [-0.4, -0.2) is 34.1 Å². The molecule has 0 aliphatic rings. The molecule has 0 atom stereocenters. The van der Waals surface area contributed by atoms with Gasteiger partial charge in [-0.05, 0) is 24.3 Å². The van der Waals surface area contributed by atoms with Crippen LogP contribution in [0.25, 0.3) is 0 Å². The van der Waals surface area contributed by atoms with Crippen LogP contribution in [0.5, 0.6) is 11.5 Å². The van der Waals surface area contributed by atoms with Crippen LogP contribution < -0.4 is 9.47 Å². The molecule has 3 heterocycles. The van der Waals surface area contributed by atoms with E-state index in [4.69, 9.17) is 28.7 Å². The molecule has 3 aromatic heterocycles. The Balaban J connectivity index is 0.000000941. The minimum absolute atomic E-state index is 0.639. The fourth-order valence-corrected chi connectivity index (χ4v) is 2.69. The van der Waals surface area contributed by atoms with Crippen LogP contribution in [0.3, 0.4) is 0 Å². The van der Waals surface area contributed by atoms with Crippen LogP contribution >= 0.6 is 19.3 Å². The summed E-state index contributed by atoms with van der Waals surface area (Å²) in [5.74, 6) is 1.60. The molecule has 0 saturated heterocycles. The van der Waals surface area contributed by atoms with Gasteiger partial charge in [0, 0.05) is 50.4 Å². The standard InChI is InChI=1S/C20H22N4O2.2ClH.Os/c1-25-19-6-9-22-17(11-19)14-24(13-16-5-3-4-8-21-16)15-18-12-20(26-2)7-10-23-18;;;/h3-12H,13-15H2,1-2H3;2*1H;/q;;;+2/p-2. The van der Waals surface area contributed by atoms with Crippen molar-refractivity contribution in [1.29, 1.82) is 0 Å². The topological polar surface area (TPSA) is 60.4 Å². The van der Waals surface area contributed by atoms with Gasteiger partial charge >= 0.3 is 34.7 Å². The quantitative estimate of drug-likeness (QED) is 0.375. The van der Waals surface area contributed by atoms with Gasteiger partial charge in [-0.15, -0.1) is 0 Å². The van der Waals surface area contributed by atoms with Crippen LogP contribution in [0.1, 0.15) is 17.1 Å². The number of ether oxygens (including phenoxy) is 2. The van der Waals surface area contributed by atoms with Crippen LogP contribution in [0, 0.1) is 0 Å². The molecule has 0 radical (unpaired) electrons. The van der Waals surface area contributed by atoms with E-state index in [0.29, 0.717) is 19.6 Å². The van der Waals surface area contributed by atoms with Gasteiger partial charge in [0.25, 0.3) is 0 Å². The number of methoxy groups -OCH3 is 2. The molecule has 156 valence electrons.